The summed E-state index contributed by atoms with van der Waals surface area (Å²) in [5, 5.41) is 7.01. The number of nitrogens with one attached hydrogen (secondary N) is 2. The smallest absolute Gasteiger partial charge is 0.271 e. The second kappa shape index (κ2) is 9.77. The van der Waals surface area contributed by atoms with Gasteiger partial charge in [-0.15, -0.1) is 23.1 Å². The number of hydrogen-bond acceptors (Lipinski definition) is 5. The summed E-state index contributed by atoms with van der Waals surface area (Å²) < 4.78 is 29.8. The highest BCUT2D eigenvalue weighted by molar-refractivity contribution is 8.00. The molecule has 178 valence electrons. The van der Waals surface area contributed by atoms with Gasteiger partial charge in [0.15, 0.2) is 0 Å². The van der Waals surface area contributed by atoms with E-state index in [2.05, 4.69) is 39.7 Å². The summed E-state index contributed by atoms with van der Waals surface area (Å²) in [5.41, 5.74) is 3.58. The second-order valence-corrected chi connectivity index (χ2v) is 11.8. The number of amides is 1. The lowest BCUT2D eigenvalue weighted by Gasteiger charge is -2.08. The van der Waals surface area contributed by atoms with Crippen LogP contribution in [0.4, 0.5) is 11.4 Å². The number of sulfonamides is 1. The van der Waals surface area contributed by atoms with Gasteiger partial charge >= 0.3 is 0 Å². The number of aryl methyl sites for hydroxylation is 1. The highest BCUT2D eigenvalue weighted by atomic mass is 32.2. The molecule has 3 aromatic carbocycles. The van der Waals surface area contributed by atoms with Crippen LogP contribution < -0.4 is 10.0 Å². The van der Waals surface area contributed by atoms with E-state index in [-0.39, 0.29) is 15.9 Å². The lowest BCUT2D eigenvalue weighted by Crippen LogP contribution is -2.14. The van der Waals surface area contributed by atoms with Crippen molar-refractivity contribution in [1.82, 2.24) is 4.57 Å². The van der Waals surface area contributed by atoms with E-state index < -0.39 is 10.0 Å². The standard InChI is InChI=1S/C26H23N3O3S3/c1-2-29-23-7-4-3-6-21(23)22-16-19(11-14-24(22)29)27-25(30)17-34-20-12-9-18(10-13-20)28-35(31,32)26-8-5-15-33-26/h3-16,28H,2,17H2,1H3,(H,27,30). The molecule has 0 atom stereocenters. The average Bonchev–Trinajstić information content (AvgIpc) is 3.51. The molecule has 5 aromatic rings. The Morgan fingerprint density at radius 1 is 0.914 bits per heavy atom. The molecule has 2 N–H and O–H groups in total. The van der Waals surface area contributed by atoms with E-state index in [1.807, 2.05) is 24.3 Å². The summed E-state index contributed by atoms with van der Waals surface area (Å²) in [5.74, 6) is 0.144. The third kappa shape index (κ3) is 4.93. The molecule has 2 aromatic heterocycles. The number of aromatic nitrogens is 1. The molecule has 9 heteroatoms. The van der Waals surface area contributed by atoms with Crippen molar-refractivity contribution in [3.05, 3.63) is 84.2 Å². The monoisotopic (exact) mass is 521 g/mol. The summed E-state index contributed by atoms with van der Waals surface area (Å²) in [4.78, 5) is 13.5. The van der Waals surface area contributed by atoms with Gasteiger partial charge in [0.05, 0.1) is 5.75 Å². The Morgan fingerprint density at radius 3 is 2.40 bits per heavy atom. The molecule has 0 saturated carbocycles. The number of carbonyl (C=O) groups is 1. The number of anilines is 2. The lowest BCUT2D eigenvalue weighted by atomic mass is 10.1. The van der Waals surface area contributed by atoms with Crippen molar-refractivity contribution in [2.45, 2.75) is 22.6 Å². The van der Waals surface area contributed by atoms with E-state index in [1.54, 1.807) is 41.8 Å². The van der Waals surface area contributed by atoms with Gasteiger partial charge in [-0.3, -0.25) is 9.52 Å². The SMILES string of the molecule is CCn1c2ccccc2c2cc(NC(=O)CSc3ccc(NS(=O)(=O)c4cccs4)cc3)ccc21. The molecule has 2 heterocycles. The summed E-state index contributed by atoms with van der Waals surface area (Å²) >= 11 is 2.56. The molecule has 1 amide bonds. The van der Waals surface area contributed by atoms with Gasteiger partial charge in [-0.05, 0) is 66.9 Å². The highest BCUT2D eigenvalue weighted by Gasteiger charge is 2.15. The predicted molar refractivity (Wildman–Crippen MR) is 146 cm³/mol. The minimum atomic E-state index is -3.58. The maximum atomic E-state index is 12.6. The Labute approximate surface area is 212 Å². The molecular weight excluding hydrogens is 499 g/mol. The van der Waals surface area contributed by atoms with Crippen LogP contribution in [0.2, 0.25) is 0 Å². The number of para-hydroxylation sites is 1. The van der Waals surface area contributed by atoms with Crippen LogP contribution in [0, 0.1) is 0 Å². The predicted octanol–water partition coefficient (Wildman–Crippen LogP) is 6.41. The molecule has 0 aliphatic heterocycles. The molecule has 0 aliphatic carbocycles. The first kappa shape index (κ1) is 23.5. The average molecular weight is 522 g/mol. The normalized spacial score (nSPS) is 11.7. The molecule has 0 saturated heterocycles. The third-order valence-corrected chi connectivity index (χ3v) is 9.40. The summed E-state index contributed by atoms with van der Waals surface area (Å²) in [6.45, 7) is 3.00. The topological polar surface area (TPSA) is 80.2 Å². The van der Waals surface area contributed by atoms with Crippen molar-refractivity contribution in [1.29, 1.82) is 0 Å². The lowest BCUT2D eigenvalue weighted by molar-refractivity contribution is -0.113. The van der Waals surface area contributed by atoms with Crippen LogP contribution in [-0.4, -0.2) is 24.6 Å². The first-order valence-corrected chi connectivity index (χ1v) is 14.4. The molecule has 35 heavy (non-hydrogen) atoms. The van der Waals surface area contributed by atoms with Crippen molar-refractivity contribution in [3.63, 3.8) is 0 Å². The molecule has 0 radical (unpaired) electrons. The zero-order chi connectivity index (χ0) is 24.4. The van der Waals surface area contributed by atoms with Crippen molar-refractivity contribution >= 4 is 72.2 Å². The van der Waals surface area contributed by atoms with Crippen molar-refractivity contribution in [2.24, 2.45) is 0 Å². The van der Waals surface area contributed by atoms with Gasteiger partial charge in [-0.25, -0.2) is 8.42 Å². The van der Waals surface area contributed by atoms with E-state index in [1.165, 1.54) is 34.0 Å². The summed E-state index contributed by atoms with van der Waals surface area (Å²) in [6, 6.07) is 24.6. The van der Waals surface area contributed by atoms with Crippen LogP contribution in [0.5, 0.6) is 0 Å². The van der Waals surface area contributed by atoms with Crippen molar-refractivity contribution in [2.75, 3.05) is 15.8 Å². The fourth-order valence-electron chi connectivity index (χ4n) is 4.06. The van der Waals surface area contributed by atoms with Crippen LogP contribution in [-0.2, 0) is 21.4 Å². The molecule has 0 unspecified atom stereocenters. The first-order valence-electron chi connectivity index (χ1n) is 11.0. The number of carbonyl (C=O) groups excluding carboxylic acids is 1. The Morgan fingerprint density at radius 2 is 1.66 bits per heavy atom. The number of nitrogens with zero attached hydrogens (tertiary/aromatic N) is 1. The van der Waals surface area contributed by atoms with Crippen LogP contribution in [0.25, 0.3) is 21.8 Å². The maximum Gasteiger partial charge on any atom is 0.271 e. The quantitative estimate of drug-likeness (QED) is 0.231. The van der Waals surface area contributed by atoms with Gasteiger partial charge in [0.25, 0.3) is 10.0 Å². The molecule has 0 bridgehead atoms. The van der Waals surface area contributed by atoms with E-state index in [0.29, 0.717) is 5.69 Å². The number of fused-ring (bicyclic) bond motifs is 3. The van der Waals surface area contributed by atoms with E-state index >= 15 is 0 Å². The summed E-state index contributed by atoms with van der Waals surface area (Å²) in [7, 11) is -3.58. The van der Waals surface area contributed by atoms with Crippen molar-refractivity contribution < 1.29 is 13.2 Å². The minimum Gasteiger partial charge on any atom is -0.341 e. The Hall–Kier alpha value is -3.27. The molecule has 0 fully saturated rings. The van der Waals surface area contributed by atoms with Crippen LogP contribution >= 0.6 is 23.1 Å². The summed E-state index contributed by atoms with van der Waals surface area (Å²) in [6.07, 6.45) is 0. The molecular formula is C26H23N3O3S3. The Balaban J connectivity index is 1.23. The first-order chi connectivity index (χ1) is 16.9. The van der Waals surface area contributed by atoms with Gasteiger partial charge < -0.3 is 9.88 Å². The van der Waals surface area contributed by atoms with Crippen LogP contribution in [0.1, 0.15) is 6.92 Å². The Kier molecular flexibility index (Phi) is 6.55. The number of benzene rings is 3. The maximum absolute atomic E-state index is 12.6. The zero-order valence-electron chi connectivity index (χ0n) is 18.9. The third-order valence-electron chi connectivity index (χ3n) is 5.61. The van der Waals surface area contributed by atoms with Gasteiger partial charge in [0.2, 0.25) is 5.91 Å². The van der Waals surface area contributed by atoms with Gasteiger partial charge in [0.1, 0.15) is 4.21 Å². The van der Waals surface area contributed by atoms with Gasteiger partial charge in [0, 0.05) is 44.6 Å². The fourth-order valence-corrected chi connectivity index (χ4v) is 6.81. The van der Waals surface area contributed by atoms with Crippen LogP contribution in [0.3, 0.4) is 0 Å². The molecule has 5 rings (SSSR count). The molecule has 0 spiro atoms. The number of thiophene rings is 1. The van der Waals surface area contributed by atoms with E-state index in [9.17, 15) is 13.2 Å². The van der Waals surface area contributed by atoms with E-state index in [0.717, 1.165) is 28.0 Å². The van der Waals surface area contributed by atoms with E-state index in [4.69, 9.17) is 0 Å². The number of hydrogen-bond donors (Lipinski definition) is 2. The largest absolute Gasteiger partial charge is 0.341 e. The van der Waals surface area contributed by atoms with Gasteiger partial charge in [-0.2, -0.15) is 0 Å². The Bertz CT molecular complexity index is 1610. The highest BCUT2D eigenvalue weighted by Crippen LogP contribution is 2.31. The number of thioether (sulfide) groups is 1. The zero-order valence-corrected chi connectivity index (χ0v) is 21.3. The minimum absolute atomic E-state index is 0.101. The van der Waals surface area contributed by atoms with Crippen molar-refractivity contribution in [3.8, 4) is 0 Å². The fraction of sp³-hybridized carbons (Fsp3) is 0.115. The second-order valence-electron chi connectivity index (χ2n) is 7.89. The van der Waals surface area contributed by atoms with Gasteiger partial charge in [-0.1, -0.05) is 24.3 Å². The molecule has 6 nitrogen and oxygen atoms in total. The molecule has 0 aliphatic rings. The van der Waals surface area contributed by atoms with Crippen LogP contribution in [0.15, 0.2) is 93.3 Å². The number of rotatable bonds is 8.